The molecular formula is C12H14O3. The molecule has 3 nitrogen and oxygen atoms in total. The molecule has 0 unspecified atom stereocenters. The molecule has 0 heterocycles. The van der Waals surface area contributed by atoms with Gasteiger partial charge in [-0.2, -0.15) is 0 Å². The average Bonchev–Trinajstić information content (AvgIpc) is 2.25. The number of benzene rings is 1. The summed E-state index contributed by atoms with van der Waals surface area (Å²) in [4.78, 5) is 21.5. The normalized spacial score (nSPS) is 9.87. The zero-order chi connectivity index (χ0) is 11.1. The zero-order valence-corrected chi connectivity index (χ0v) is 8.48. The summed E-state index contributed by atoms with van der Waals surface area (Å²) in [6, 6.07) is 9.71. The molecule has 0 atom stereocenters. The lowest BCUT2D eigenvalue weighted by atomic mass is 10.1. The Labute approximate surface area is 88.7 Å². The van der Waals surface area contributed by atoms with Crippen molar-refractivity contribution in [3.63, 3.8) is 0 Å². The first-order chi connectivity index (χ1) is 7.18. The summed E-state index contributed by atoms with van der Waals surface area (Å²) >= 11 is 0. The van der Waals surface area contributed by atoms with Crippen molar-refractivity contribution in [1.82, 2.24) is 0 Å². The summed E-state index contributed by atoms with van der Waals surface area (Å²) in [7, 11) is 0. The number of carbonyl (C=O) groups excluding carboxylic acids is 1. The molecular weight excluding hydrogens is 192 g/mol. The SMILES string of the molecule is O=C(O)CCC(=O)CCc1ccccc1. The lowest BCUT2D eigenvalue weighted by Gasteiger charge is -1.99. The van der Waals surface area contributed by atoms with Crippen molar-refractivity contribution >= 4 is 11.8 Å². The highest BCUT2D eigenvalue weighted by molar-refractivity contribution is 5.82. The highest BCUT2D eigenvalue weighted by Crippen LogP contribution is 2.04. The number of hydrogen-bond donors (Lipinski definition) is 1. The Hall–Kier alpha value is -1.64. The number of carboxylic acid groups (broad SMARTS) is 1. The van der Waals surface area contributed by atoms with Crippen molar-refractivity contribution in [1.29, 1.82) is 0 Å². The third kappa shape index (κ3) is 4.96. The molecule has 0 aliphatic rings. The van der Waals surface area contributed by atoms with Crippen molar-refractivity contribution in [3.05, 3.63) is 35.9 Å². The van der Waals surface area contributed by atoms with Gasteiger partial charge in [-0.25, -0.2) is 0 Å². The first-order valence-electron chi connectivity index (χ1n) is 4.96. The first kappa shape index (κ1) is 11.4. The fourth-order valence-corrected chi connectivity index (χ4v) is 1.30. The summed E-state index contributed by atoms with van der Waals surface area (Å²) in [5.41, 5.74) is 1.11. The van der Waals surface area contributed by atoms with Gasteiger partial charge in [0.2, 0.25) is 0 Å². The van der Waals surface area contributed by atoms with Gasteiger partial charge in [-0.15, -0.1) is 0 Å². The van der Waals surface area contributed by atoms with Crippen LogP contribution in [0.3, 0.4) is 0 Å². The molecule has 0 radical (unpaired) electrons. The van der Waals surface area contributed by atoms with E-state index in [0.29, 0.717) is 12.8 Å². The van der Waals surface area contributed by atoms with E-state index in [1.165, 1.54) is 0 Å². The van der Waals surface area contributed by atoms with Crippen LogP contribution >= 0.6 is 0 Å². The highest BCUT2D eigenvalue weighted by Gasteiger charge is 2.05. The standard InChI is InChI=1S/C12H14O3/c13-11(8-9-12(14)15)7-6-10-4-2-1-3-5-10/h1-5H,6-9H2,(H,14,15). The quantitative estimate of drug-likeness (QED) is 0.775. The predicted octanol–water partition coefficient (Wildman–Crippen LogP) is 2.05. The van der Waals surface area contributed by atoms with Gasteiger partial charge in [0.05, 0.1) is 6.42 Å². The Morgan fingerprint density at radius 1 is 1.00 bits per heavy atom. The van der Waals surface area contributed by atoms with Gasteiger partial charge in [-0.1, -0.05) is 30.3 Å². The van der Waals surface area contributed by atoms with Crippen LogP contribution in [-0.2, 0) is 16.0 Å². The molecule has 1 N–H and O–H groups in total. The van der Waals surface area contributed by atoms with Gasteiger partial charge in [0.15, 0.2) is 0 Å². The Balaban J connectivity index is 2.26. The average molecular weight is 206 g/mol. The van der Waals surface area contributed by atoms with Crippen molar-refractivity contribution in [2.45, 2.75) is 25.7 Å². The van der Waals surface area contributed by atoms with E-state index in [2.05, 4.69) is 0 Å². The van der Waals surface area contributed by atoms with Gasteiger partial charge in [0.25, 0.3) is 0 Å². The monoisotopic (exact) mass is 206 g/mol. The molecule has 1 rings (SSSR count). The Bertz CT molecular complexity index is 330. The second kappa shape index (κ2) is 5.96. The van der Waals surface area contributed by atoms with E-state index in [1.54, 1.807) is 0 Å². The number of ketones is 1. The van der Waals surface area contributed by atoms with Crippen molar-refractivity contribution in [3.8, 4) is 0 Å². The van der Waals surface area contributed by atoms with Crippen LogP contribution in [0, 0.1) is 0 Å². The molecule has 0 aromatic heterocycles. The van der Waals surface area contributed by atoms with Crippen LogP contribution in [0.25, 0.3) is 0 Å². The van der Waals surface area contributed by atoms with E-state index in [1.807, 2.05) is 30.3 Å². The number of hydrogen-bond acceptors (Lipinski definition) is 2. The molecule has 0 saturated carbocycles. The Morgan fingerprint density at radius 3 is 2.27 bits per heavy atom. The largest absolute Gasteiger partial charge is 0.481 e. The Kier molecular flexibility index (Phi) is 4.54. The number of rotatable bonds is 6. The maximum Gasteiger partial charge on any atom is 0.303 e. The van der Waals surface area contributed by atoms with Crippen LogP contribution < -0.4 is 0 Å². The first-order valence-corrected chi connectivity index (χ1v) is 4.96. The van der Waals surface area contributed by atoms with Gasteiger partial charge in [0.1, 0.15) is 5.78 Å². The molecule has 0 bridgehead atoms. The minimum Gasteiger partial charge on any atom is -0.481 e. The fraction of sp³-hybridized carbons (Fsp3) is 0.333. The van der Waals surface area contributed by atoms with Crippen LogP contribution in [-0.4, -0.2) is 16.9 Å². The van der Waals surface area contributed by atoms with E-state index in [-0.39, 0.29) is 18.6 Å². The summed E-state index contributed by atoms with van der Waals surface area (Å²) in [6.07, 6.45) is 1.20. The summed E-state index contributed by atoms with van der Waals surface area (Å²) in [6.45, 7) is 0. The lowest BCUT2D eigenvalue weighted by molar-refractivity contribution is -0.138. The summed E-state index contributed by atoms with van der Waals surface area (Å²) in [5, 5.41) is 8.40. The third-order valence-corrected chi connectivity index (χ3v) is 2.15. The molecule has 15 heavy (non-hydrogen) atoms. The van der Waals surface area contributed by atoms with E-state index >= 15 is 0 Å². The number of aliphatic carboxylic acids is 1. The summed E-state index contributed by atoms with van der Waals surface area (Å²) in [5.74, 6) is -0.899. The number of Topliss-reactive ketones (excluding diaryl/α,β-unsaturated/α-hetero) is 1. The van der Waals surface area contributed by atoms with Gasteiger partial charge in [-0.05, 0) is 12.0 Å². The van der Waals surface area contributed by atoms with E-state index in [9.17, 15) is 9.59 Å². The van der Waals surface area contributed by atoms with Crippen LogP contribution in [0.1, 0.15) is 24.8 Å². The predicted molar refractivity (Wildman–Crippen MR) is 56.6 cm³/mol. The van der Waals surface area contributed by atoms with Crippen LogP contribution in [0.5, 0.6) is 0 Å². The van der Waals surface area contributed by atoms with E-state index in [4.69, 9.17) is 5.11 Å². The molecule has 0 aliphatic carbocycles. The lowest BCUT2D eigenvalue weighted by Crippen LogP contribution is -2.04. The molecule has 0 spiro atoms. The van der Waals surface area contributed by atoms with Gasteiger partial charge >= 0.3 is 5.97 Å². The minimum absolute atomic E-state index is 0.0150. The molecule has 1 aromatic rings. The molecule has 0 aliphatic heterocycles. The fourth-order valence-electron chi connectivity index (χ4n) is 1.30. The molecule has 0 fully saturated rings. The number of aryl methyl sites for hydroxylation is 1. The second-order valence-electron chi connectivity index (χ2n) is 3.42. The van der Waals surface area contributed by atoms with E-state index < -0.39 is 5.97 Å². The molecule has 0 saturated heterocycles. The highest BCUT2D eigenvalue weighted by atomic mass is 16.4. The maximum absolute atomic E-state index is 11.3. The van der Waals surface area contributed by atoms with Crippen molar-refractivity contribution in [2.75, 3.05) is 0 Å². The molecule has 0 amide bonds. The van der Waals surface area contributed by atoms with Gasteiger partial charge in [-0.3, -0.25) is 9.59 Å². The van der Waals surface area contributed by atoms with Gasteiger partial charge < -0.3 is 5.11 Å². The Morgan fingerprint density at radius 2 is 1.67 bits per heavy atom. The van der Waals surface area contributed by atoms with Crippen LogP contribution in [0.2, 0.25) is 0 Å². The van der Waals surface area contributed by atoms with Crippen LogP contribution in [0.15, 0.2) is 30.3 Å². The molecule has 1 aromatic carbocycles. The van der Waals surface area contributed by atoms with Gasteiger partial charge in [0, 0.05) is 12.8 Å². The number of carboxylic acids is 1. The minimum atomic E-state index is -0.914. The summed E-state index contributed by atoms with van der Waals surface area (Å²) < 4.78 is 0. The zero-order valence-electron chi connectivity index (χ0n) is 8.48. The van der Waals surface area contributed by atoms with Crippen molar-refractivity contribution in [2.24, 2.45) is 0 Å². The second-order valence-corrected chi connectivity index (χ2v) is 3.42. The molecule has 80 valence electrons. The van der Waals surface area contributed by atoms with Crippen LogP contribution in [0.4, 0.5) is 0 Å². The third-order valence-electron chi connectivity index (χ3n) is 2.15. The topological polar surface area (TPSA) is 54.4 Å². The van der Waals surface area contributed by atoms with Crippen molar-refractivity contribution < 1.29 is 14.7 Å². The maximum atomic E-state index is 11.3. The van der Waals surface area contributed by atoms with E-state index in [0.717, 1.165) is 5.56 Å². The smallest absolute Gasteiger partial charge is 0.303 e. The number of carbonyl (C=O) groups is 2. The molecule has 3 heteroatoms.